The molecule has 13 heavy (non-hydrogen) atoms. The van der Waals surface area contributed by atoms with Crippen LogP contribution >= 0.6 is 0 Å². The van der Waals surface area contributed by atoms with Crippen molar-refractivity contribution >= 4 is 5.91 Å². The summed E-state index contributed by atoms with van der Waals surface area (Å²) in [6.45, 7) is 5.55. The summed E-state index contributed by atoms with van der Waals surface area (Å²) < 4.78 is 0. The van der Waals surface area contributed by atoms with Crippen LogP contribution in [0.2, 0.25) is 0 Å². The minimum Gasteiger partial charge on any atom is -0.354 e. The number of nitrogens with zero attached hydrogens (tertiary/aromatic N) is 1. The third kappa shape index (κ3) is 3.32. The third-order valence-corrected chi connectivity index (χ3v) is 2.25. The van der Waals surface area contributed by atoms with Crippen LogP contribution in [0.5, 0.6) is 0 Å². The van der Waals surface area contributed by atoms with Crippen molar-refractivity contribution in [1.82, 2.24) is 10.3 Å². The molecule has 1 unspecified atom stereocenters. The Balaban J connectivity index is 2.37. The second-order valence-corrected chi connectivity index (χ2v) is 4.00. The first-order chi connectivity index (χ1) is 6.09. The third-order valence-electron chi connectivity index (χ3n) is 2.25. The molecule has 3 N–H and O–H groups in total. The molecule has 4 heteroatoms. The van der Waals surface area contributed by atoms with Gasteiger partial charge in [-0.15, -0.1) is 0 Å². The van der Waals surface area contributed by atoms with Crippen molar-refractivity contribution < 1.29 is 4.79 Å². The van der Waals surface area contributed by atoms with Crippen molar-refractivity contribution in [3.8, 4) is 0 Å². The van der Waals surface area contributed by atoms with E-state index in [9.17, 15) is 4.79 Å². The van der Waals surface area contributed by atoms with Crippen LogP contribution < -0.4 is 11.2 Å². The molecule has 1 saturated heterocycles. The number of piperidine rings is 1. The number of hydrogen-bond donors (Lipinski definition) is 2. The van der Waals surface area contributed by atoms with Crippen molar-refractivity contribution in [2.75, 3.05) is 13.1 Å². The van der Waals surface area contributed by atoms with Crippen molar-refractivity contribution in [1.29, 1.82) is 0 Å². The van der Waals surface area contributed by atoms with Gasteiger partial charge in [0.2, 0.25) is 5.91 Å². The molecule has 0 spiro atoms. The molecule has 4 nitrogen and oxygen atoms in total. The van der Waals surface area contributed by atoms with Crippen LogP contribution in [-0.4, -0.2) is 30.0 Å². The zero-order valence-corrected chi connectivity index (χ0v) is 8.42. The maximum absolute atomic E-state index is 11.6. The Bertz CT molecular complexity index is 182. The maximum Gasteiger partial charge on any atom is 0.224 e. The molecule has 1 fully saturated rings. The zero-order valence-electron chi connectivity index (χ0n) is 8.42. The van der Waals surface area contributed by atoms with Gasteiger partial charge in [0.15, 0.2) is 0 Å². The number of nitrogens with two attached hydrogens (primary N) is 1. The highest BCUT2D eigenvalue weighted by Gasteiger charge is 2.24. The zero-order chi connectivity index (χ0) is 9.84. The predicted molar refractivity (Wildman–Crippen MR) is 51.8 cm³/mol. The van der Waals surface area contributed by atoms with Crippen LogP contribution in [0.15, 0.2) is 0 Å². The molecule has 0 radical (unpaired) electrons. The first-order valence-corrected chi connectivity index (χ1v) is 4.89. The van der Waals surface area contributed by atoms with E-state index in [4.69, 9.17) is 5.84 Å². The lowest BCUT2D eigenvalue weighted by atomic mass is 9.98. The normalized spacial score (nSPS) is 24.8. The van der Waals surface area contributed by atoms with Crippen LogP contribution in [0.4, 0.5) is 0 Å². The number of rotatable bonds is 2. The van der Waals surface area contributed by atoms with E-state index in [2.05, 4.69) is 5.32 Å². The first kappa shape index (κ1) is 10.5. The van der Waals surface area contributed by atoms with Gasteiger partial charge < -0.3 is 5.32 Å². The van der Waals surface area contributed by atoms with E-state index >= 15 is 0 Å². The lowest BCUT2D eigenvalue weighted by Crippen LogP contribution is -2.47. The summed E-state index contributed by atoms with van der Waals surface area (Å²) in [6.07, 6.45) is 1.99. The van der Waals surface area contributed by atoms with Gasteiger partial charge in [0.1, 0.15) is 0 Å². The molecule has 1 heterocycles. The minimum absolute atomic E-state index is 0.0844. The molecule has 0 aromatic heterocycles. The minimum atomic E-state index is 0.0844. The predicted octanol–water partition coefficient (Wildman–Crippen LogP) is 0.0967. The highest BCUT2D eigenvalue weighted by molar-refractivity contribution is 5.79. The monoisotopic (exact) mass is 185 g/mol. The Morgan fingerprint density at radius 1 is 1.62 bits per heavy atom. The van der Waals surface area contributed by atoms with E-state index in [0.717, 1.165) is 19.4 Å². The molecule has 0 aromatic carbocycles. The van der Waals surface area contributed by atoms with Gasteiger partial charge in [-0.3, -0.25) is 10.6 Å². The second-order valence-electron chi connectivity index (χ2n) is 4.00. The van der Waals surface area contributed by atoms with Crippen molar-refractivity contribution in [3.63, 3.8) is 0 Å². The van der Waals surface area contributed by atoms with E-state index in [1.54, 1.807) is 5.01 Å². The van der Waals surface area contributed by atoms with Gasteiger partial charge in [-0.1, -0.05) is 0 Å². The first-order valence-electron chi connectivity index (χ1n) is 4.89. The van der Waals surface area contributed by atoms with E-state index in [0.29, 0.717) is 6.54 Å². The summed E-state index contributed by atoms with van der Waals surface area (Å²) in [4.78, 5) is 11.6. The van der Waals surface area contributed by atoms with E-state index in [1.165, 1.54) is 0 Å². The fourth-order valence-corrected chi connectivity index (χ4v) is 1.62. The standard InChI is InChI=1S/C9H19N3O/c1-7(2)11-9(13)8-4-3-5-12(10)6-8/h7-8H,3-6,10H2,1-2H3,(H,11,13). The summed E-state index contributed by atoms with van der Waals surface area (Å²) >= 11 is 0. The van der Waals surface area contributed by atoms with Gasteiger partial charge in [-0.05, 0) is 26.7 Å². The number of carbonyl (C=O) groups is 1. The van der Waals surface area contributed by atoms with Gasteiger partial charge in [0.05, 0.1) is 5.92 Å². The van der Waals surface area contributed by atoms with Crippen molar-refractivity contribution in [3.05, 3.63) is 0 Å². The molecule has 1 atom stereocenters. The Morgan fingerprint density at radius 2 is 2.31 bits per heavy atom. The van der Waals surface area contributed by atoms with Crippen molar-refractivity contribution in [2.45, 2.75) is 32.7 Å². The molecule has 1 aliphatic heterocycles. The van der Waals surface area contributed by atoms with Crippen LogP contribution in [0.25, 0.3) is 0 Å². The molecular formula is C9H19N3O. The fourth-order valence-electron chi connectivity index (χ4n) is 1.62. The highest BCUT2D eigenvalue weighted by Crippen LogP contribution is 2.13. The number of carbonyl (C=O) groups excluding carboxylic acids is 1. The van der Waals surface area contributed by atoms with Crippen LogP contribution in [0, 0.1) is 5.92 Å². The number of hydrazine groups is 1. The molecule has 1 rings (SSSR count). The van der Waals surface area contributed by atoms with E-state index < -0.39 is 0 Å². The average Bonchev–Trinajstić information content (AvgIpc) is 2.03. The van der Waals surface area contributed by atoms with E-state index in [1.807, 2.05) is 13.8 Å². The molecular weight excluding hydrogens is 166 g/mol. The van der Waals surface area contributed by atoms with Gasteiger partial charge in [0.25, 0.3) is 0 Å². The summed E-state index contributed by atoms with van der Waals surface area (Å²) in [6, 6.07) is 0.223. The quantitative estimate of drug-likeness (QED) is 0.600. The largest absolute Gasteiger partial charge is 0.354 e. The van der Waals surface area contributed by atoms with Gasteiger partial charge in [-0.25, -0.2) is 5.01 Å². The highest BCUT2D eigenvalue weighted by atomic mass is 16.2. The molecule has 1 aliphatic rings. The number of hydrogen-bond acceptors (Lipinski definition) is 3. The Kier molecular flexibility index (Phi) is 3.69. The lowest BCUT2D eigenvalue weighted by molar-refractivity contribution is -0.127. The summed E-state index contributed by atoms with van der Waals surface area (Å²) in [5.41, 5.74) is 0. The Hall–Kier alpha value is -0.610. The average molecular weight is 185 g/mol. The topological polar surface area (TPSA) is 58.4 Å². The molecule has 0 aliphatic carbocycles. The molecule has 1 amide bonds. The smallest absolute Gasteiger partial charge is 0.224 e. The SMILES string of the molecule is CC(C)NC(=O)C1CCCN(N)C1. The number of nitrogens with one attached hydrogen (secondary N) is 1. The summed E-state index contributed by atoms with van der Waals surface area (Å²) in [7, 11) is 0. The lowest BCUT2D eigenvalue weighted by Gasteiger charge is -2.28. The molecule has 0 saturated carbocycles. The van der Waals surface area contributed by atoms with Crippen LogP contribution in [-0.2, 0) is 4.79 Å². The maximum atomic E-state index is 11.6. The van der Waals surface area contributed by atoms with E-state index in [-0.39, 0.29) is 17.9 Å². The summed E-state index contributed by atoms with van der Waals surface area (Å²) in [5.74, 6) is 5.88. The second kappa shape index (κ2) is 4.58. The van der Waals surface area contributed by atoms with Crippen LogP contribution in [0.1, 0.15) is 26.7 Å². The Labute approximate surface area is 79.4 Å². The van der Waals surface area contributed by atoms with Crippen molar-refractivity contribution in [2.24, 2.45) is 11.8 Å². The summed E-state index contributed by atoms with van der Waals surface area (Å²) in [5, 5.41) is 4.64. The molecule has 76 valence electrons. The van der Waals surface area contributed by atoms with Gasteiger partial charge >= 0.3 is 0 Å². The van der Waals surface area contributed by atoms with Gasteiger partial charge in [-0.2, -0.15) is 0 Å². The van der Waals surface area contributed by atoms with Crippen LogP contribution in [0.3, 0.4) is 0 Å². The fraction of sp³-hybridized carbons (Fsp3) is 0.889. The number of amides is 1. The van der Waals surface area contributed by atoms with Gasteiger partial charge in [0, 0.05) is 19.1 Å². The molecule has 0 aromatic rings. The molecule has 0 bridgehead atoms. The Morgan fingerprint density at radius 3 is 2.85 bits per heavy atom.